The lowest BCUT2D eigenvalue weighted by molar-refractivity contribution is 0.181. The van der Waals surface area contributed by atoms with Crippen LogP contribution in [0.2, 0.25) is 0 Å². The van der Waals surface area contributed by atoms with Gasteiger partial charge < -0.3 is 5.32 Å². The van der Waals surface area contributed by atoms with Crippen LogP contribution in [-0.2, 0) is 10.0 Å². The molecule has 0 aromatic heterocycles. The maximum Gasteiger partial charge on any atom is 0.243 e. The summed E-state index contributed by atoms with van der Waals surface area (Å²) in [4.78, 5) is -0.281. The Morgan fingerprint density at radius 3 is 2.81 bits per heavy atom. The molecule has 2 N–H and O–H groups in total. The second-order valence-corrected chi connectivity index (χ2v) is 8.12. The van der Waals surface area contributed by atoms with Gasteiger partial charge in [-0.25, -0.2) is 17.5 Å². The summed E-state index contributed by atoms with van der Waals surface area (Å²) in [7, 11) is -3.83. The van der Waals surface area contributed by atoms with Crippen molar-refractivity contribution in [3.8, 4) is 0 Å². The molecular weight excluding hydrogens is 291 g/mol. The molecule has 0 amide bonds. The molecule has 0 spiro atoms. The van der Waals surface area contributed by atoms with Crippen LogP contribution in [0.4, 0.5) is 4.39 Å². The highest BCUT2D eigenvalue weighted by Gasteiger charge is 2.33. The first-order valence-electron chi connectivity index (χ1n) is 7.21. The number of rotatable bonds is 4. The lowest BCUT2D eigenvalue weighted by Crippen LogP contribution is -2.52. The minimum atomic E-state index is -3.83. The van der Waals surface area contributed by atoms with Crippen LogP contribution < -0.4 is 10.0 Å². The van der Waals surface area contributed by atoms with Gasteiger partial charge in [0, 0.05) is 12.6 Å². The average molecular weight is 314 g/mol. The van der Waals surface area contributed by atoms with Gasteiger partial charge in [-0.15, -0.1) is 0 Å². The maximum atomic E-state index is 13.7. The molecule has 1 aliphatic heterocycles. The van der Waals surface area contributed by atoms with Crippen LogP contribution in [0.25, 0.3) is 0 Å². The minimum Gasteiger partial charge on any atom is -0.312 e. The van der Waals surface area contributed by atoms with Crippen molar-refractivity contribution in [2.24, 2.45) is 5.41 Å². The van der Waals surface area contributed by atoms with Crippen LogP contribution in [-0.4, -0.2) is 27.5 Å². The topological polar surface area (TPSA) is 58.2 Å². The van der Waals surface area contributed by atoms with Gasteiger partial charge in [-0.2, -0.15) is 0 Å². The zero-order valence-corrected chi connectivity index (χ0v) is 13.6. The van der Waals surface area contributed by atoms with E-state index >= 15 is 0 Å². The Morgan fingerprint density at radius 2 is 2.14 bits per heavy atom. The quantitative estimate of drug-likeness (QED) is 0.896. The van der Waals surface area contributed by atoms with E-state index in [2.05, 4.69) is 23.9 Å². The minimum absolute atomic E-state index is 0.0198. The molecule has 0 aliphatic carbocycles. The number of halogens is 1. The van der Waals surface area contributed by atoms with Crippen LogP contribution in [0.5, 0.6) is 0 Å². The lowest BCUT2D eigenvalue weighted by atomic mass is 9.78. The molecule has 1 aromatic carbocycles. The van der Waals surface area contributed by atoms with E-state index in [9.17, 15) is 12.8 Å². The summed E-state index contributed by atoms with van der Waals surface area (Å²) in [6, 6.07) is 4.15. The first-order chi connectivity index (χ1) is 9.72. The Balaban J connectivity index is 2.13. The molecular formula is C15H23FN2O2S. The molecule has 6 heteroatoms. The number of piperidine rings is 1. The number of benzene rings is 1. The van der Waals surface area contributed by atoms with Crippen molar-refractivity contribution in [3.05, 3.63) is 29.6 Å². The standard InChI is InChI=1S/C15H23FN2O2S/c1-11-5-6-12(16)13(9-11)21(19,20)18-10-14-15(2,3)7-4-8-17-14/h5-6,9,14,17-18H,4,7-8,10H2,1-3H3. The summed E-state index contributed by atoms with van der Waals surface area (Å²) in [5, 5.41) is 3.34. The number of hydrogen-bond acceptors (Lipinski definition) is 3. The third-order valence-corrected chi connectivity index (χ3v) is 5.62. The SMILES string of the molecule is Cc1ccc(F)c(S(=O)(=O)NCC2NCCCC2(C)C)c1. The molecule has 1 saturated heterocycles. The molecule has 0 bridgehead atoms. The summed E-state index contributed by atoms with van der Waals surface area (Å²) >= 11 is 0. The van der Waals surface area contributed by atoms with Crippen LogP contribution in [0.1, 0.15) is 32.3 Å². The highest BCUT2D eigenvalue weighted by Crippen LogP contribution is 2.29. The third-order valence-electron chi connectivity index (χ3n) is 4.19. The monoisotopic (exact) mass is 314 g/mol. The van der Waals surface area contributed by atoms with Crippen molar-refractivity contribution in [3.63, 3.8) is 0 Å². The molecule has 0 saturated carbocycles. The van der Waals surface area contributed by atoms with Crippen LogP contribution in [0.15, 0.2) is 23.1 Å². The lowest BCUT2D eigenvalue weighted by Gasteiger charge is -2.39. The van der Waals surface area contributed by atoms with Crippen molar-refractivity contribution in [1.82, 2.24) is 10.0 Å². The van der Waals surface area contributed by atoms with E-state index in [1.807, 2.05) is 0 Å². The van der Waals surface area contributed by atoms with Crippen molar-refractivity contribution in [2.45, 2.75) is 44.6 Å². The second-order valence-electron chi connectivity index (χ2n) is 6.38. The Morgan fingerprint density at radius 1 is 1.43 bits per heavy atom. The van der Waals surface area contributed by atoms with Gasteiger partial charge in [-0.1, -0.05) is 19.9 Å². The molecule has 21 heavy (non-hydrogen) atoms. The summed E-state index contributed by atoms with van der Waals surface area (Å²) < 4.78 is 40.8. The summed E-state index contributed by atoms with van der Waals surface area (Å²) in [5.74, 6) is -0.719. The Kier molecular flexibility index (Phi) is 4.70. The Hall–Kier alpha value is -0.980. The number of sulfonamides is 1. The first kappa shape index (κ1) is 16.4. The Bertz CT molecular complexity index is 614. The van der Waals surface area contributed by atoms with Gasteiger partial charge in [-0.3, -0.25) is 0 Å². The van der Waals surface area contributed by atoms with Crippen molar-refractivity contribution in [2.75, 3.05) is 13.1 Å². The molecule has 1 aliphatic rings. The summed E-state index contributed by atoms with van der Waals surface area (Å²) in [6.45, 7) is 7.12. The van der Waals surface area contributed by atoms with E-state index in [0.29, 0.717) is 5.56 Å². The highest BCUT2D eigenvalue weighted by molar-refractivity contribution is 7.89. The van der Waals surface area contributed by atoms with Gasteiger partial charge in [0.1, 0.15) is 10.7 Å². The fourth-order valence-corrected chi connectivity index (χ4v) is 3.91. The van der Waals surface area contributed by atoms with E-state index in [1.165, 1.54) is 12.1 Å². The number of aryl methyl sites for hydroxylation is 1. The van der Waals surface area contributed by atoms with Gasteiger partial charge in [0.2, 0.25) is 10.0 Å². The predicted octanol–water partition coefficient (Wildman–Crippen LogP) is 2.19. The molecule has 1 fully saturated rings. The fourth-order valence-electron chi connectivity index (χ4n) is 2.71. The van der Waals surface area contributed by atoms with E-state index in [-0.39, 0.29) is 22.9 Å². The van der Waals surface area contributed by atoms with Crippen LogP contribution in [0, 0.1) is 18.2 Å². The molecule has 1 atom stereocenters. The fraction of sp³-hybridized carbons (Fsp3) is 0.600. The Labute approximate surface area is 126 Å². The zero-order valence-electron chi connectivity index (χ0n) is 12.7. The van der Waals surface area contributed by atoms with E-state index in [4.69, 9.17) is 0 Å². The van der Waals surface area contributed by atoms with Crippen molar-refractivity contribution in [1.29, 1.82) is 0 Å². The van der Waals surface area contributed by atoms with Gasteiger partial charge in [0.15, 0.2) is 0 Å². The van der Waals surface area contributed by atoms with E-state index < -0.39 is 15.8 Å². The summed E-state index contributed by atoms with van der Waals surface area (Å²) in [6.07, 6.45) is 2.13. The van der Waals surface area contributed by atoms with E-state index in [0.717, 1.165) is 19.4 Å². The number of nitrogens with one attached hydrogen (secondary N) is 2. The molecule has 1 heterocycles. The van der Waals surface area contributed by atoms with Crippen molar-refractivity contribution < 1.29 is 12.8 Å². The van der Waals surface area contributed by atoms with E-state index in [1.54, 1.807) is 13.0 Å². The molecule has 0 radical (unpaired) electrons. The maximum absolute atomic E-state index is 13.7. The molecule has 1 aromatic rings. The molecule has 4 nitrogen and oxygen atoms in total. The van der Waals surface area contributed by atoms with Crippen molar-refractivity contribution >= 4 is 10.0 Å². The van der Waals surface area contributed by atoms with Gasteiger partial charge in [-0.05, 0) is 49.4 Å². The summed E-state index contributed by atoms with van der Waals surface area (Å²) in [5.41, 5.74) is 0.735. The van der Waals surface area contributed by atoms with Gasteiger partial charge in [0.05, 0.1) is 0 Å². The molecule has 118 valence electrons. The second kappa shape index (κ2) is 6.02. The smallest absolute Gasteiger partial charge is 0.243 e. The molecule has 2 rings (SSSR count). The molecule has 1 unspecified atom stereocenters. The zero-order chi connectivity index (χ0) is 15.7. The number of hydrogen-bond donors (Lipinski definition) is 2. The predicted molar refractivity (Wildman–Crippen MR) is 81.1 cm³/mol. The highest BCUT2D eigenvalue weighted by atomic mass is 32.2. The average Bonchev–Trinajstić information content (AvgIpc) is 2.39. The largest absolute Gasteiger partial charge is 0.312 e. The normalized spacial score (nSPS) is 22.2. The van der Waals surface area contributed by atoms with Crippen LogP contribution in [0.3, 0.4) is 0 Å². The van der Waals surface area contributed by atoms with Gasteiger partial charge in [0.25, 0.3) is 0 Å². The van der Waals surface area contributed by atoms with Crippen LogP contribution >= 0.6 is 0 Å². The first-order valence-corrected chi connectivity index (χ1v) is 8.70. The van der Waals surface area contributed by atoms with Gasteiger partial charge >= 0.3 is 0 Å². The third kappa shape index (κ3) is 3.81.